The quantitative estimate of drug-likeness (QED) is 0.540. The van der Waals surface area contributed by atoms with Crippen LogP contribution in [0.3, 0.4) is 0 Å². The van der Waals surface area contributed by atoms with Gasteiger partial charge in [-0.15, -0.1) is 0 Å². The van der Waals surface area contributed by atoms with E-state index in [4.69, 9.17) is 0 Å². The van der Waals surface area contributed by atoms with E-state index in [-0.39, 0.29) is 5.96 Å². The van der Waals surface area contributed by atoms with Gasteiger partial charge < -0.3 is 0 Å². The van der Waals surface area contributed by atoms with Gasteiger partial charge in [-0.2, -0.15) is 0 Å². The van der Waals surface area contributed by atoms with Crippen LogP contribution in [-0.2, 0) is 10.0 Å². The van der Waals surface area contributed by atoms with Crippen LogP contribution < -0.4 is 0 Å². The SMILES string of the molecule is C=N/C(=N\C(=C)CCC)N(C)S(C)(=O)=O. The van der Waals surface area contributed by atoms with Gasteiger partial charge in [0.15, 0.2) is 0 Å². The minimum atomic E-state index is -3.35. The molecular weight excluding hydrogens is 214 g/mol. The lowest BCUT2D eigenvalue weighted by Gasteiger charge is -2.15. The van der Waals surface area contributed by atoms with E-state index < -0.39 is 10.0 Å². The number of hydrogen-bond acceptors (Lipinski definition) is 3. The Morgan fingerprint density at radius 2 is 2.00 bits per heavy atom. The van der Waals surface area contributed by atoms with Crippen LogP contribution in [-0.4, -0.2) is 38.7 Å². The molecule has 0 aromatic carbocycles. The monoisotopic (exact) mass is 231 g/mol. The molecule has 0 saturated carbocycles. The molecule has 0 bridgehead atoms. The second-order valence-corrected chi connectivity index (χ2v) is 5.13. The van der Waals surface area contributed by atoms with Crippen molar-refractivity contribution in [3.63, 3.8) is 0 Å². The van der Waals surface area contributed by atoms with Crippen molar-refractivity contribution in [2.45, 2.75) is 19.8 Å². The van der Waals surface area contributed by atoms with Crippen LogP contribution in [0, 0.1) is 0 Å². The molecule has 0 heterocycles. The predicted molar refractivity (Wildman–Crippen MR) is 63.6 cm³/mol. The first kappa shape index (κ1) is 13.8. The van der Waals surface area contributed by atoms with Gasteiger partial charge in [-0.05, 0) is 13.1 Å². The summed E-state index contributed by atoms with van der Waals surface area (Å²) in [5.74, 6) is 0.0518. The lowest BCUT2D eigenvalue weighted by molar-refractivity contribution is 0.558. The first-order chi connectivity index (χ1) is 6.82. The van der Waals surface area contributed by atoms with Gasteiger partial charge >= 0.3 is 0 Å². The van der Waals surface area contributed by atoms with Gasteiger partial charge in [0, 0.05) is 12.7 Å². The van der Waals surface area contributed by atoms with Gasteiger partial charge in [0.2, 0.25) is 16.0 Å². The zero-order chi connectivity index (χ0) is 12.1. The molecule has 0 aliphatic heterocycles. The summed E-state index contributed by atoms with van der Waals surface area (Å²) < 4.78 is 23.4. The molecule has 0 rings (SSSR count). The third-order valence-corrected chi connectivity index (χ3v) is 2.88. The van der Waals surface area contributed by atoms with Crippen molar-refractivity contribution in [3.05, 3.63) is 12.3 Å². The van der Waals surface area contributed by atoms with Crippen molar-refractivity contribution in [2.24, 2.45) is 9.98 Å². The molecule has 0 saturated heterocycles. The average Bonchev–Trinajstić information content (AvgIpc) is 2.12. The second kappa shape index (κ2) is 5.65. The van der Waals surface area contributed by atoms with Crippen molar-refractivity contribution < 1.29 is 8.42 Å². The molecule has 0 amide bonds. The zero-order valence-electron chi connectivity index (χ0n) is 9.39. The molecule has 0 N–H and O–H groups in total. The van der Waals surface area contributed by atoms with Gasteiger partial charge in [-0.3, -0.25) is 0 Å². The Hall–Kier alpha value is -1.17. The standard InChI is InChI=1S/C9H17N3O2S/c1-6-7-8(2)11-9(10-3)12(4)15(5,13)14/h2-3,6-7H2,1,4-5H3/b11-9+. The fourth-order valence-electron chi connectivity index (χ4n) is 0.840. The highest BCUT2D eigenvalue weighted by Gasteiger charge is 2.14. The van der Waals surface area contributed by atoms with Gasteiger partial charge in [-0.1, -0.05) is 19.9 Å². The number of sulfonamides is 1. The average molecular weight is 231 g/mol. The summed E-state index contributed by atoms with van der Waals surface area (Å²) in [5.41, 5.74) is 0.593. The van der Waals surface area contributed by atoms with E-state index in [1.54, 1.807) is 0 Å². The molecule has 5 nitrogen and oxygen atoms in total. The normalized spacial score (nSPS) is 12.3. The Labute approximate surface area is 91.3 Å². The van der Waals surface area contributed by atoms with Crippen molar-refractivity contribution in [3.8, 4) is 0 Å². The predicted octanol–water partition coefficient (Wildman–Crippen LogP) is 1.25. The van der Waals surface area contributed by atoms with Gasteiger partial charge in [0.25, 0.3) is 0 Å². The van der Waals surface area contributed by atoms with E-state index in [1.165, 1.54) is 7.05 Å². The van der Waals surface area contributed by atoms with Crippen LogP contribution in [0.2, 0.25) is 0 Å². The van der Waals surface area contributed by atoms with Crippen LogP contribution >= 0.6 is 0 Å². The minimum absolute atomic E-state index is 0.0518. The minimum Gasteiger partial charge on any atom is -0.241 e. The van der Waals surface area contributed by atoms with Crippen molar-refractivity contribution in [1.82, 2.24) is 4.31 Å². The fourth-order valence-corrected chi connectivity index (χ4v) is 1.23. The molecule has 0 aromatic rings. The molecule has 15 heavy (non-hydrogen) atoms. The molecule has 0 aliphatic carbocycles. The number of aliphatic imine (C=N–C) groups is 2. The smallest absolute Gasteiger partial charge is 0.238 e. The maximum atomic E-state index is 11.2. The third-order valence-electron chi connectivity index (χ3n) is 1.72. The molecule has 0 aromatic heterocycles. The van der Waals surface area contributed by atoms with Crippen LogP contribution in [0.4, 0.5) is 0 Å². The third kappa shape index (κ3) is 4.73. The highest BCUT2D eigenvalue weighted by Crippen LogP contribution is 2.06. The number of allylic oxidation sites excluding steroid dienone is 1. The Morgan fingerprint density at radius 1 is 1.47 bits per heavy atom. The number of guanidine groups is 1. The highest BCUT2D eigenvalue weighted by atomic mass is 32.2. The molecular formula is C9H17N3O2S. The molecule has 0 radical (unpaired) electrons. The summed E-state index contributed by atoms with van der Waals surface area (Å²) in [6.45, 7) is 8.97. The first-order valence-corrected chi connectivity index (χ1v) is 6.34. The maximum absolute atomic E-state index is 11.2. The lowest BCUT2D eigenvalue weighted by atomic mass is 10.3. The Balaban J connectivity index is 4.92. The molecule has 0 spiro atoms. The maximum Gasteiger partial charge on any atom is 0.238 e. The summed E-state index contributed by atoms with van der Waals surface area (Å²) >= 11 is 0. The van der Waals surface area contributed by atoms with Crippen molar-refractivity contribution in [2.75, 3.05) is 13.3 Å². The van der Waals surface area contributed by atoms with Crippen LogP contribution in [0.1, 0.15) is 19.8 Å². The molecule has 0 fully saturated rings. The fraction of sp³-hybridized carbons (Fsp3) is 0.556. The Bertz CT molecular complexity index is 371. The largest absolute Gasteiger partial charge is 0.241 e. The number of hydrogen-bond donors (Lipinski definition) is 0. The Kier molecular flexibility index (Phi) is 5.21. The zero-order valence-corrected chi connectivity index (χ0v) is 10.2. The topological polar surface area (TPSA) is 62.1 Å². The molecule has 86 valence electrons. The summed E-state index contributed by atoms with van der Waals surface area (Å²) in [4.78, 5) is 7.55. The number of nitrogens with zero attached hydrogens (tertiary/aromatic N) is 3. The molecule has 0 aliphatic rings. The van der Waals surface area contributed by atoms with E-state index in [0.29, 0.717) is 12.1 Å². The van der Waals surface area contributed by atoms with E-state index in [1.807, 2.05) is 6.92 Å². The molecule has 6 heteroatoms. The van der Waals surface area contributed by atoms with E-state index in [9.17, 15) is 8.42 Å². The van der Waals surface area contributed by atoms with E-state index in [0.717, 1.165) is 17.0 Å². The summed E-state index contributed by atoms with van der Waals surface area (Å²) in [6.07, 6.45) is 2.68. The van der Waals surface area contributed by atoms with Crippen molar-refractivity contribution >= 4 is 22.7 Å². The van der Waals surface area contributed by atoms with Crippen molar-refractivity contribution in [1.29, 1.82) is 0 Å². The van der Waals surface area contributed by atoms with Gasteiger partial charge in [0.05, 0.1) is 6.26 Å². The second-order valence-electron chi connectivity index (χ2n) is 3.12. The molecule has 0 unspecified atom stereocenters. The van der Waals surface area contributed by atoms with Crippen LogP contribution in [0.15, 0.2) is 22.3 Å². The summed E-state index contributed by atoms with van der Waals surface area (Å²) in [6, 6.07) is 0. The number of rotatable bonds is 4. The highest BCUT2D eigenvalue weighted by molar-refractivity contribution is 7.88. The summed E-state index contributed by atoms with van der Waals surface area (Å²) in [5, 5.41) is 0. The lowest BCUT2D eigenvalue weighted by Crippen LogP contribution is -2.31. The Morgan fingerprint density at radius 3 is 2.33 bits per heavy atom. The molecule has 0 atom stereocenters. The van der Waals surface area contributed by atoms with Crippen LogP contribution in [0.5, 0.6) is 0 Å². The summed E-state index contributed by atoms with van der Waals surface area (Å²) in [7, 11) is -1.97. The van der Waals surface area contributed by atoms with Gasteiger partial charge in [0.1, 0.15) is 0 Å². The van der Waals surface area contributed by atoms with Gasteiger partial charge in [-0.25, -0.2) is 22.7 Å². The van der Waals surface area contributed by atoms with E-state index >= 15 is 0 Å². The van der Waals surface area contributed by atoms with E-state index in [2.05, 4.69) is 23.3 Å². The van der Waals surface area contributed by atoms with Crippen LogP contribution in [0.25, 0.3) is 0 Å². The first-order valence-electron chi connectivity index (χ1n) is 4.50.